The van der Waals surface area contributed by atoms with Crippen molar-refractivity contribution < 1.29 is 9.13 Å². The van der Waals surface area contributed by atoms with Crippen molar-refractivity contribution in [3.63, 3.8) is 0 Å². The molecule has 2 rings (SSSR count). The maximum Gasteiger partial charge on any atom is 0.146 e. The highest BCUT2D eigenvalue weighted by Gasteiger charge is 2.25. The number of para-hydroxylation sites is 1. The summed E-state index contributed by atoms with van der Waals surface area (Å²) in [5.41, 5.74) is 1.75. The summed E-state index contributed by atoms with van der Waals surface area (Å²) in [5.74, 6) is -0.136. The number of benzene rings is 1. The highest BCUT2D eigenvalue weighted by Crippen LogP contribution is 2.28. The Morgan fingerprint density at radius 3 is 3.06 bits per heavy atom. The molecule has 4 heteroatoms. The Hall–Kier alpha value is -1.13. The van der Waals surface area contributed by atoms with Crippen LogP contribution in [0.25, 0.3) is 0 Å². The lowest BCUT2D eigenvalue weighted by Crippen LogP contribution is -2.46. The molecule has 100 valence electrons. The number of nitrogens with one attached hydrogen (secondary N) is 1. The van der Waals surface area contributed by atoms with Crippen molar-refractivity contribution in [1.29, 1.82) is 0 Å². The number of halogens is 1. The second-order valence-electron chi connectivity index (χ2n) is 4.61. The fourth-order valence-electron chi connectivity index (χ4n) is 2.50. The van der Waals surface area contributed by atoms with Gasteiger partial charge in [0, 0.05) is 13.1 Å². The molecule has 0 aromatic heterocycles. The van der Waals surface area contributed by atoms with Crippen LogP contribution in [0.2, 0.25) is 0 Å². The van der Waals surface area contributed by atoms with Gasteiger partial charge in [-0.05, 0) is 25.1 Å². The molecule has 0 radical (unpaired) electrons. The van der Waals surface area contributed by atoms with Crippen LogP contribution in [-0.4, -0.2) is 32.8 Å². The molecule has 1 atom stereocenters. The van der Waals surface area contributed by atoms with Gasteiger partial charge in [0.05, 0.1) is 24.9 Å². The van der Waals surface area contributed by atoms with E-state index in [0.717, 1.165) is 24.2 Å². The van der Waals surface area contributed by atoms with E-state index in [1.807, 2.05) is 13.1 Å². The molecule has 0 aliphatic carbocycles. The van der Waals surface area contributed by atoms with E-state index in [9.17, 15) is 4.39 Å². The Morgan fingerprint density at radius 2 is 2.33 bits per heavy atom. The van der Waals surface area contributed by atoms with Crippen molar-refractivity contribution in [3.8, 4) is 0 Å². The van der Waals surface area contributed by atoms with Crippen molar-refractivity contribution in [2.24, 2.45) is 0 Å². The van der Waals surface area contributed by atoms with E-state index in [1.54, 1.807) is 6.07 Å². The molecule has 18 heavy (non-hydrogen) atoms. The molecule has 1 fully saturated rings. The van der Waals surface area contributed by atoms with Crippen LogP contribution in [0.5, 0.6) is 0 Å². The third-order valence-corrected chi connectivity index (χ3v) is 3.42. The average molecular weight is 252 g/mol. The molecular formula is C14H21FN2O. The molecule has 0 bridgehead atoms. The van der Waals surface area contributed by atoms with Gasteiger partial charge in [-0.15, -0.1) is 0 Å². The minimum atomic E-state index is -0.136. The Balaban J connectivity index is 2.35. The van der Waals surface area contributed by atoms with Gasteiger partial charge in [0.1, 0.15) is 5.82 Å². The number of morpholine rings is 1. The first-order valence-electron chi connectivity index (χ1n) is 6.54. The van der Waals surface area contributed by atoms with E-state index in [-0.39, 0.29) is 11.9 Å². The van der Waals surface area contributed by atoms with Crippen molar-refractivity contribution in [3.05, 3.63) is 29.6 Å². The zero-order valence-corrected chi connectivity index (χ0v) is 11.1. The average Bonchev–Trinajstić information content (AvgIpc) is 2.39. The van der Waals surface area contributed by atoms with E-state index >= 15 is 0 Å². The number of hydrogen-bond donors (Lipinski definition) is 1. The summed E-state index contributed by atoms with van der Waals surface area (Å²) < 4.78 is 19.6. The fraction of sp³-hybridized carbons (Fsp3) is 0.571. The number of ether oxygens (including phenoxy) is 1. The van der Waals surface area contributed by atoms with Gasteiger partial charge in [0.25, 0.3) is 0 Å². The Kier molecular flexibility index (Phi) is 4.55. The van der Waals surface area contributed by atoms with Gasteiger partial charge in [-0.3, -0.25) is 0 Å². The summed E-state index contributed by atoms with van der Waals surface area (Å²) in [6.45, 7) is 4.91. The smallest absolute Gasteiger partial charge is 0.146 e. The van der Waals surface area contributed by atoms with Crippen LogP contribution in [-0.2, 0) is 11.3 Å². The van der Waals surface area contributed by atoms with E-state index in [0.29, 0.717) is 19.8 Å². The second-order valence-corrected chi connectivity index (χ2v) is 4.61. The van der Waals surface area contributed by atoms with Gasteiger partial charge in [0.2, 0.25) is 0 Å². The zero-order valence-electron chi connectivity index (χ0n) is 11.1. The second kappa shape index (κ2) is 6.16. The number of rotatable bonds is 4. The molecule has 3 nitrogen and oxygen atoms in total. The highest BCUT2D eigenvalue weighted by molar-refractivity contribution is 5.56. The maximum absolute atomic E-state index is 14.2. The molecule has 1 saturated heterocycles. The summed E-state index contributed by atoms with van der Waals surface area (Å²) in [4.78, 5) is 2.16. The zero-order chi connectivity index (χ0) is 13.0. The van der Waals surface area contributed by atoms with Crippen LogP contribution >= 0.6 is 0 Å². The first-order valence-corrected chi connectivity index (χ1v) is 6.54. The predicted octanol–water partition coefficient (Wildman–Crippen LogP) is 2.16. The highest BCUT2D eigenvalue weighted by atomic mass is 19.1. The molecule has 1 heterocycles. The molecule has 1 N–H and O–H groups in total. The summed E-state index contributed by atoms with van der Waals surface area (Å²) >= 11 is 0. The van der Waals surface area contributed by atoms with Gasteiger partial charge in [0.15, 0.2) is 0 Å². The SMILES string of the molecule is CCC1COCCN1c1c(F)cccc1CNC. The van der Waals surface area contributed by atoms with Crippen molar-refractivity contribution in [2.45, 2.75) is 25.9 Å². The molecule has 0 spiro atoms. The molecule has 1 unspecified atom stereocenters. The Morgan fingerprint density at radius 1 is 1.50 bits per heavy atom. The molecule has 1 aliphatic heterocycles. The van der Waals surface area contributed by atoms with Gasteiger partial charge in [-0.2, -0.15) is 0 Å². The van der Waals surface area contributed by atoms with E-state index < -0.39 is 0 Å². The quantitative estimate of drug-likeness (QED) is 0.888. The topological polar surface area (TPSA) is 24.5 Å². The summed E-state index contributed by atoms with van der Waals surface area (Å²) in [6, 6.07) is 5.56. The van der Waals surface area contributed by atoms with Gasteiger partial charge in [-0.25, -0.2) is 4.39 Å². The molecular weight excluding hydrogens is 231 g/mol. The first kappa shape index (κ1) is 13.3. The van der Waals surface area contributed by atoms with Crippen molar-refractivity contribution in [1.82, 2.24) is 5.32 Å². The molecule has 1 aromatic rings. The third kappa shape index (κ3) is 2.65. The summed E-state index contributed by atoms with van der Waals surface area (Å²) in [5, 5.41) is 3.10. The van der Waals surface area contributed by atoms with Crippen LogP contribution in [0.4, 0.5) is 10.1 Å². The first-order chi connectivity index (χ1) is 8.77. The molecule has 1 aromatic carbocycles. The van der Waals surface area contributed by atoms with Crippen molar-refractivity contribution in [2.75, 3.05) is 31.7 Å². The summed E-state index contributed by atoms with van der Waals surface area (Å²) in [6.07, 6.45) is 0.966. The minimum Gasteiger partial charge on any atom is -0.377 e. The molecule has 0 amide bonds. The number of nitrogens with zero attached hydrogens (tertiary/aromatic N) is 1. The van der Waals surface area contributed by atoms with Gasteiger partial charge >= 0.3 is 0 Å². The maximum atomic E-state index is 14.2. The van der Waals surface area contributed by atoms with Gasteiger partial charge in [-0.1, -0.05) is 19.1 Å². The normalized spacial score (nSPS) is 20.2. The van der Waals surface area contributed by atoms with Crippen LogP contribution in [0.1, 0.15) is 18.9 Å². The molecule has 1 aliphatic rings. The number of hydrogen-bond acceptors (Lipinski definition) is 3. The third-order valence-electron chi connectivity index (χ3n) is 3.42. The predicted molar refractivity (Wildman–Crippen MR) is 71.4 cm³/mol. The Labute approximate surface area is 108 Å². The fourth-order valence-corrected chi connectivity index (χ4v) is 2.50. The number of anilines is 1. The van der Waals surface area contributed by atoms with Crippen LogP contribution in [0, 0.1) is 5.82 Å². The lowest BCUT2D eigenvalue weighted by Gasteiger charge is -2.38. The van der Waals surface area contributed by atoms with Crippen LogP contribution < -0.4 is 10.2 Å². The largest absolute Gasteiger partial charge is 0.377 e. The van der Waals surface area contributed by atoms with Crippen LogP contribution in [0.15, 0.2) is 18.2 Å². The molecule has 0 saturated carbocycles. The van der Waals surface area contributed by atoms with E-state index in [4.69, 9.17) is 4.74 Å². The standard InChI is InChI=1S/C14H21FN2O/c1-3-12-10-18-8-7-17(12)14-11(9-16-2)5-4-6-13(14)15/h4-6,12,16H,3,7-10H2,1-2H3. The minimum absolute atomic E-state index is 0.136. The van der Waals surface area contributed by atoms with Crippen LogP contribution in [0.3, 0.4) is 0 Å². The van der Waals surface area contributed by atoms with Crippen molar-refractivity contribution >= 4 is 5.69 Å². The van der Waals surface area contributed by atoms with E-state index in [1.165, 1.54) is 6.07 Å². The lowest BCUT2D eigenvalue weighted by molar-refractivity contribution is 0.0925. The monoisotopic (exact) mass is 252 g/mol. The Bertz CT molecular complexity index is 397. The van der Waals surface area contributed by atoms with E-state index in [2.05, 4.69) is 17.1 Å². The summed E-state index contributed by atoms with van der Waals surface area (Å²) in [7, 11) is 1.88. The van der Waals surface area contributed by atoms with Gasteiger partial charge < -0.3 is 15.0 Å². The lowest BCUT2D eigenvalue weighted by atomic mass is 10.1.